The quantitative estimate of drug-likeness (QED) is 0.920. The second-order valence-electron chi connectivity index (χ2n) is 4.39. The molecule has 1 aliphatic heterocycles. The molecule has 1 aromatic rings. The molecule has 1 amide bonds. The van der Waals surface area contributed by atoms with Crippen molar-refractivity contribution in [1.82, 2.24) is 0 Å². The molecule has 4 nitrogen and oxygen atoms in total. The summed E-state index contributed by atoms with van der Waals surface area (Å²) in [6, 6.07) is 4.37. The van der Waals surface area contributed by atoms with E-state index in [1.165, 1.54) is 24.1 Å². The highest BCUT2D eigenvalue weighted by Crippen LogP contribution is 2.32. The highest BCUT2D eigenvalue weighted by atomic mass is 79.9. The van der Waals surface area contributed by atoms with Crippen LogP contribution in [0.2, 0.25) is 0 Å². The lowest BCUT2D eigenvalue weighted by Gasteiger charge is -2.40. The summed E-state index contributed by atoms with van der Waals surface area (Å²) in [7, 11) is 1.49. The average Bonchev–Trinajstić information content (AvgIpc) is 2.30. The fraction of sp³-hybridized carbons (Fsp3) is 0.417. The molecule has 1 fully saturated rings. The summed E-state index contributed by atoms with van der Waals surface area (Å²) in [6.45, 7) is 0.0381. The summed E-state index contributed by atoms with van der Waals surface area (Å²) >= 11 is 3.23. The summed E-state index contributed by atoms with van der Waals surface area (Å²) in [4.78, 5) is 13.5. The number of hydrogen-bond acceptors (Lipinski definition) is 3. The number of rotatable bonds is 3. The molecule has 98 valence electrons. The smallest absolute Gasteiger partial charge is 0.240 e. The number of carbonyl (C=O) groups is 1. The molecule has 0 unspecified atom stereocenters. The van der Waals surface area contributed by atoms with Crippen LogP contribution in [0, 0.1) is 11.2 Å². The molecular formula is C12H13BrFNO3. The molecule has 0 atom stereocenters. The van der Waals surface area contributed by atoms with Crippen LogP contribution in [0.3, 0.4) is 0 Å². The van der Waals surface area contributed by atoms with Gasteiger partial charge in [0.05, 0.1) is 25.5 Å². The van der Waals surface area contributed by atoms with Crippen molar-refractivity contribution in [3.05, 3.63) is 28.5 Å². The van der Waals surface area contributed by atoms with Crippen molar-refractivity contribution >= 4 is 27.5 Å². The monoisotopic (exact) mass is 317 g/mol. The van der Waals surface area contributed by atoms with E-state index in [0.29, 0.717) is 4.47 Å². The molecule has 1 heterocycles. The van der Waals surface area contributed by atoms with Crippen LogP contribution in [0.4, 0.5) is 10.1 Å². The van der Waals surface area contributed by atoms with Crippen LogP contribution < -0.4 is 4.90 Å². The van der Waals surface area contributed by atoms with Crippen LogP contribution in [0.1, 0.15) is 0 Å². The van der Waals surface area contributed by atoms with Gasteiger partial charge in [-0.25, -0.2) is 4.39 Å². The maximum atomic E-state index is 13.7. The Morgan fingerprint density at radius 3 is 2.78 bits per heavy atom. The summed E-state index contributed by atoms with van der Waals surface area (Å²) in [6.07, 6.45) is 0. The molecule has 0 spiro atoms. The molecule has 0 aromatic heterocycles. The van der Waals surface area contributed by atoms with Crippen LogP contribution in [0.15, 0.2) is 22.7 Å². The van der Waals surface area contributed by atoms with Crippen LogP contribution in [-0.2, 0) is 9.53 Å². The summed E-state index contributed by atoms with van der Waals surface area (Å²) in [5, 5.41) is 9.30. The van der Waals surface area contributed by atoms with E-state index in [1.54, 1.807) is 6.07 Å². The maximum Gasteiger partial charge on any atom is 0.240 e. The van der Waals surface area contributed by atoms with E-state index in [2.05, 4.69) is 15.9 Å². The van der Waals surface area contributed by atoms with Crippen LogP contribution in [0.5, 0.6) is 0 Å². The van der Waals surface area contributed by atoms with Gasteiger partial charge in [0.2, 0.25) is 5.91 Å². The van der Waals surface area contributed by atoms with Gasteiger partial charge < -0.3 is 14.7 Å². The highest BCUT2D eigenvalue weighted by Gasteiger charge is 2.47. The van der Waals surface area contributed by atoms with Gasteiger partial charge in [-0.05, 0) is 18.2 Å². The molecule has 0 bridgehead atoms. The van der Waals surface area contributed by atoms with E-state index in [-0.39, 0.29) is 31.4 Å². The molecule has 1 N–H and O–H groups in total. The second kappa shape index (κ2) is 4.95. The van der Waals surface area contributed by atoms with Gasteiger partial charge in [0.15, 0.2) is 0 Å². The van der Waals surface area contributed by atoms with Gasteiger partial charge in [-0.3, -0.25) is 4.79 Å². The number of amides is 1. The number of anilines is 1. The average molecular weight is 318 g/mol. The lowest BCUT2D eigenvalue weighted by molar-refractivity contribution is -0.167. The molecule has 18 heavy (non-hydrogen) atoms. The second-order valence-corrected chi connectivity index (χ2v) is 5.31. The molecular weight excluding hydrogens is 305 g/mol. The normalized spacial score (nSPS) is 17.1. The van der Waals surface area contributed by atoms with Crippen LogP contribution in [0.25, 0.3) is 0 Å². The first kappa shape index (κ1) is 13.5. The Morgan fingerprint density at radius 2 is 2.28 bits per heavy atom. The van der Waals surface area contributed by atoms with Gasteiger partial charge in [-0.2, -0.15) is 0 Å². The predicted molar refractivity (Wildman–Crippen MR) is 67.8 cm³/mol. The number of carbonyl (C=O) groups excluding carboxylic acids is 1. The van der Waals surface area contributed by atoms with Gasteiger partial charge in [0.1, 0.15) is 11.2 Å². The topological polar surface area (TPSA) is 49.8 Å². The maximum absolute atomic E-state index is 13.7. The first-order valence-electron chi connectivity index (χ1n) is 5.42. The van der Waals surface area contributed by atoms with E-state index in [0.717, 1.165) is 0 Å². The van der Waals surface area contributed by atoms with Crippen molar-refractivity contribution in [3.63, 3.8) is 0 Å². The van der Waals surface area contributed by atoms with Gasteiger partial charge in [-0.15, -0.1) is 0 Å². The summed E-state index contributed by atoms with van der Waals surface area (Å²) in [5.74, 6) is -0.823. The molecule has 1 aromatic carbocycles. The van der Waals surface area contributed by atoms with Crippen molar-refractivity contribution < 1.29 is 19.0 Å². The number of nitrogens with zero attached hydrogens (tertiary/aromatic N) is 1. The zero-order chi connectivity index (χ0) is 13.3. The van der Waals surface area contributed by atoms with E-state index in [4.69, 9.17) is 4.74 Å². The SMILES string of the molecule is CN(C(=O)C1(CO)COC1)c1cc(Br)ccc1F. The van der Waals surface area contributed by atoms with Crippen molar-refractivity contribution in [1.29, 1.82) is 0 Å². The fourth-order valence-corrected chi connectivity index (χ4v) is 2.19. The Labute approximate surface area is 112 Å². The third-order valence-electron chi connectivity index (χ3n) is 3.09. The minimum Gasteiger partial charge on any atom is -0.395 e. The third-order valence-corrected chi connectivity index (χ3v) is 3.58. The minimum atomic E-state index is -0.927. The molecule has 2 rings (SSSR count). The van der Waals surface area contributed by atoms with Crippen molar-refractivity contribution in [3.8, 4) is 0 Å². The van der Waals surface area contributed by atoms with Crippen LogP contribution in [-0.4, -0.2) is 37.9 Å². The van der Waals surface area contributed by atoms with Crippen molar-refractivity contribution in [2.24, 2.45) is 5.41 Å². The molecule has 0 radical (unpaired) electrons. The lowest BCUT2D eigenvalue weighted by atomic mass is 9.85. The number of ether oxygens (including phenoxy) is 1. The number of benzene rings is 1. The number of hydrogen-bond donors (Lipinski definition) is 1. The summed E-state index contributed by atoms with van der Waals surface area (Å²) in [5.41, 5.74) is -0.752. The summed E-state index contributed by atoms with van der Waals surface area (Å²) < 4.78 is 19.3. The molecule has 0 saturated carbocycles. The Kier molecular flexibility index (Phi) is 3.70. The molecule has 1 saturated heterocycles. The zero-order valence-electron chi connectivity index (χ0n) is 9.82. The van der Waals surface area contributed by atoms with E-state index >= 15 is 0 Å². The molecule has 6 heteroatoms. The lowest BCUT2D eigenvalue weighted by Crippen LogP contribution is -2.57. The zero-order valence-corrected chi connectivity index (χ0v) is 11.4. The minimum absolute atomic E-state index is 0.169. The van der Waals surface area contributed by atoms with Crippen LogP contribution >= 0.6 is 15.9 Å². The first-order chi connectivity index (χ1) is 8.50. The number of aliphatic hydroxyl groups is 1. The van der Waals surface area contributed by atoms with Crippen molar-refractivity contribution in [2.45, 2.75) is 0 Å². The standard InChI is InChI=1S/C12H13BrFNO3/c1-15(10-4-8(13)2-3-9(10)14)11(17)12(5-16)6-18-7-12/h2-4,16H,5-7H2,1H3. The first-order valence-corrected chi connectivity index (χ1v) is 6.21. The molecule has 0 aliphatic carbocycles. The highest BCUT2D eigenvalue weighted by molar-refractivity contribution is 9.10. The van der Waals surface area contributed by atoms with Crippen molar-refractivity contribution in [2.75, 3.05) is 31.8 Å². The predicted octanol–water partition coefficient (Wildman–Crippen LogP) is 1.56. The Morgan fingerprint density at radius 1 is 1.61 bits per heavy atom. The third kappa shape index (κ3) is 2.15. The Balaban J connectivity index is 2.28. The molecule has 1 aliphatic rings. The van der Waals surface area contributed by atoms with Gasteiger partial charge in [0, 0.05) is 11.5 Å². The van der Waals surface area contributed by atoms with E-state index in [1.807, 2.05) is 0 Å². The van der Waals surface area contributed by atoms with Gasteiger partial charge >= 0.3 is 0 Å². The fourth-order valence-electron chi connectivity index (χ4n) is 1.84. The van der Waals surface area contributed by atoms with E-state index < -0.39 is 11.2 Å². The number of aliphatic hydroxyl groups excluding tert-OH is 1. The number of halogens is 2. The Hall–Kier alpha value is -0.980. The Bertz CT molecular complexity index is 471. The van der Waals surface area contributed by atoms with Gasteiger partial charge in [-0.1, -0.05) is 15.9 Å². The van der Waals surface area contributed by atoms with E-state index in [9.17, 15) is 14.3 Å². The van der Waals surface area contributed by atoms with Gasteiger partial charge in [0.25, 0.3) is 0 Å². The largest absolute Gasteiger partial charge is 0.395 e.